The number of hydrogen-bond acceptors (Lipinski definition) is 7. The van der Waals surface area contributed by atoms with Gasteiger partial charge in [0.2, 0.25) is 5.95 Å². The molecule has 0 saturated carbocycles. The second-order valence-corrected chi connectivity index (χ2v) is 7.82. The molecule has 2 fully saturated rings. The summed E-state index contributed by atoms with van der Waals surface area (Å²) in [6, 6.07) is 14.9. The van der Waals surface area contributed by atoms with Crippen molar-refractivity contribution in [2.45, 2.75) is 6.54 Å². The Balaban J connectivity index is 1.32. The molecular formula is C24H23N7O2. The summed E-state index contributed by atoms with van der Waals surface area (Å²) in [4.78, 5) is 43.8. The zero-order valence-electron chi connectivity index (χ0n) is 18.0. The summed E-state index contributed by atoms with van der Waals surface area (Å²) < 4.78 is 0. The predicted octanol–water partition coefficient (Wildman–Crippen LogP) is 2.29. The molecule has 9 nitrogen and oxygen atoms in total. The molecule has 9 heteroatoms. The van der Waals surface area contributed by atoms with Crippen LogP contribution in [0.25, 0.3) is 6.08 Å². The Morgan fingerprint density at radius 3 is 2.36 bits per heavy atom. The van der Waals surface area contributed by atoms with Gasteiger partial charge in [0.05, 0.1) is 12.2 Å². The van der Waals surface area contributed by atoms with Gasteiger partial charge in [0.25, 0.3) is 5.91 Å². The Kier molecular flexibility index (Phi) is 5.67. The van der Waals surface area contributed by atoms with Gasteiger partial charge in [-0.05, 0) is 29.8 Å². The summed E-state index contributed by atoms with van der Waals surface area (Å²) in [5, 5.41) is 2.37. The number of urea groups is 1. The van der Waals surface area contributed by atoms with Crippen molar-refractivity contribution < 1.29 is 9.59 Å². The van der Waals surface area contributed by atoms with Crippen LogP contribution in [0.1, 0.15) is 11.3 Å². The lowest BCUT2D eigenvalue weighted by Crippen LogP contribution is -2.47. The smallest absolute Gasteiger partial charge is 0.329 e. The molecule has 3 amide bonds. The number of rotatable bonds is 5. The minimum atomic E-state index is -0.434. The van der Waals surface area contributed by atoms with Crippen molar-refractivity contribution in [1.29, 1.82) is 0 Å². The van der Waals surface area contributed by atoms with Crippen LogP contribution in [0.2, 0.25) is 0 Å². The van der Waals surface area contributed by atoms with Crippen molar-refractivity contribution in [3.8, 4) is 0 Å². The number of carbonyl (C=O) groups is 2. The lowest BCUT2D eigenvalue weighted by atomic mass is 10.2. The molecule has 1 aromatic carbocycles. The van der Waals surface area contributed by atoms with Crippen LogP contribution in [0.3, 0.4) is 0 Å². The molecule has 5 rings (SSSR count). The van der Waals surface area contributed by atoms with E-state index in [1.807, 2.05) is 42.5 Å². The summed E-state index contributed by atoms with van der Waals surface area (Å²) in [6.07, 6.45) is 6.92. The molecule has 33 heavy (non-hydrogen) atoms. The number of piperazine rings is 1. The van der Waals surface area contributed by atoms with Gasteiger partial charge in [-0.3, -0.25) is 20.0 Å². The fourth-order valence-corrected chi connectivity index (χ4v) is 3.98. The summed E-state index contributed by atoms with van der Waals surface area (Å²) in [5.41, 5.74) is 2.94. The molecule has 3 aromatic rings. The summed E-state index contributed by atoms with van der Waals surface area (Å²) in [6.45, 7) is 3.56. The number of aromatic nitrogens is 3. The van der Waals surface area contributed by atoms with Gasteiger partial charge in [0.15, 0.2) is 0 Å². The van der Waals surface area contributed by atoms with Crippen LogP contribution in [0.4, 0.5) is 16.4 Å². The van der Waals surface area contributed by atoms with Crippen LogP contribution in [0.15, 0.2) is 72.8 Å². The third-order valence-corrected chi connectivity index (χ3v) is 5.71. The fraction of sp³-hybridized carbons (Fsp3) is 0.208. The zero-order valence-corrected chi connectivity index (χ0v) is 18.0. The SMILES string of the molecule is O=C1NC(=O)N(Cc2ccccc2)/C1=C/c1ccnc(N2CCN(c3ccncc3)CC2)n1. The number of imide groups is 1. The highest BCUT2D eigenvalue weighted by Crippen LogP contribution is 2.21. The van der Waals surface area contributed by atoms with E-state index in [0.29, 0.717) is 18.2 Å². The quantitative estimate of drug-likeness (QED) is 0.480. The van der Waals surface area contributed by atoms with Crippen molar-refractivity contribution in [3.63, 3.8) is 0 Å². The normalized spacial score (nSPS) is 17.6. The van der Waals surface area contributed by atoms with Gasteiger partial charge < -0.3 is 9.80 Å². The number of benzene rings is 1. The molecule has 0 aliphatic carbocycles. The Bertz CT molecular complexity index is 1180. The third kappa shape index (κ3) is 4.52. The largest absolute Gasteiger partial charge is 0.368 e. The summed E-state index contributed by atoms with van der Waals surface area (Å²) in [5.74, 6) is 0.181. The number of amides is 3. The van der Waals surface area contributed by atoms with Gasteiger partial charge in [-0.25, -0.2) is 14.8 Å². The zero-order chi connectivity index (χ0) is 22.6. The van der Waals surface area contributed by atoms with Crippen LogP contribution in [0.5, 0.6) is 0 Å². The van der Waals surface area contributed by atoms with Crippen molar-refractivity contribution in [2.24, 2.45) is 0 Å². The molecule has 1 N–H and O–H groups in total. The molecule has 0 spiro atoms. The maximum atomic E-state index is 12.4. The molecule has 0 radical (unpaired) electrons. The van der Waals surface area contributed by atoms with Crippen molar-refractivity contribution >= 4 is 29.7 Å². The van der Waals surface area contributed by atoms with Crippen LogP contribution >= 0.6 is 0 Å². The van der Waals surface area contributed by atoms with E-state index >= 15 is 0 Å². The average molecular weight is 441 g/mol. The summed E-state index contributed by atoms with van der Waals surface area (Å²) in [7, 11) is 0. The number of nitrogens with one attached hydrogen (secondary N) is 1. The predicted molar refractivity (Wildman–Crippen MR) is 124 cm³/mol. The van der Waals surface area contributed by atoms with Crippen molar-refractivity contribution in [3.05, 3.63) is 84.1 Å². The van der Waals surface area contributed by atoms with Gasteiger partial charge in [-0.2, -0.15) is 0 Å². The highest BCUT2D eigenvalue weighted by atomic mass is 16.2. The van der Waals surface area contributed by atoms with E-state index in [4.69, 9.17) is 0 Å². The second kappa shape index (κ2) is 9.07. The Hall–Kier alpha value is -4.27. The molecule has 4 heterocycles. The Labute approximate surface area is 191 Å². The van der Waals surface area contributed by atoms with Crippen LogP contribution in [-0.4, -0.2) is 58.0 Å². The van der Waals surface area contributed by atoms with Gasteiger partial charge in [0, 0.05) is 50.5 Å². The first-order valence-electron chi connectivity index (χ1n) is 10.8. The topological polar surface area (TPSA) is 94.6 Å². The molecule has 0 unspecified atom stereocenters. The molecule has 2 saturated heterocycles. The average Bonchev–Trinajstić information content (AvgIpc) is 3.12. The first kappa shape index (κ1) is 20.6. The molecule has 166 valence electrons. The minimum Gasteiger partial charge on any atom is -0.368 e. The number of nitrogens with zero attached hydrogens (tertiary/aromatic N) is 6. The van der Waals surface area contributed by atoms with Crippen molar-refractivity contribution in [1.82, 2.24) is 25.2 Å². The lowest BCUT2D eigenvalue weighted by Gasteiger charge is -2.36. The van der Waals surface area contributed by atoms with E-state index < -0.39 is 11.9 Å². The van der Waals surface area contributed by atoms with Crippen LogP contribution in [-0.2, 0) is 11.3 Å². The van der Waals surface area contributed by atoms with Crippen molar-refractivity contribution in [2.75, 3.05) is 36.0 Å². The standard InChI is InChI=1S/C24H23N7O2/c32-22-21(31(24(33)28-22)17-18-4-2-1-3-5-18)16-19-6-11-26-23(27-19)30-14-12-29(13-15-30)20-7-9-25-10-8-20/h1-11,16H,12-15,17H2,(H,28,32,33)/b21-16+. The van der Waals surface area contributed by atoms with Crippen LogP contribution in [0, 0.1) is 0 Å². The third-order valence-electron chi connectivity index (χ3n) is 5.71. The van der Waals surface area contributed by atoms with Gasteiger partial charge in [-0.15, -0.1) is 0 Å². The first-order chi connectivity index (χ1) is 16.2. The van der Waals surface area contributed by atoms with Gasteiger partial charge >= 0.3 is 6.03 Å². The number of anilines is 2. The number of pyridine rings is 1. The van der Waals surface area contributed by atoms with E-state index in [2.05, 4.69) is 30.1 Å². The summed E-state index contributed by atoms with van der Waals surface area (Å²) >= 11 is 0. The second-order valence-electron chi connectivity index (χ2n) is 7.82. The number of carbonyl (C=O) groups excluding carboxylic acids is 2. The maximum absolute atomic E-state index is 12.4. The maximum Gasteiger partial charge on any atom is 0.329 e. The van der Waals surface area contributed by atoms with Gasteiger partial charge in [0.1, 0.15) is 5.70 Å². The molecule has 2 aliphatic rings. The molecule has 2 aliphatic heterocycles. The molecule has 0 bridgehead atoms. The number of hydrogen-bond donors (Lipinski definition) is 1. The molecule has 2 aromatic heterocycles. The van der Waals surface area contributed by atoms with E-state index in [-0.39, 0.29) is 5.70 Å². The monoisotopic (exact) mass is 441 g/mol. The van der Waals surface area contributed by atoms with E-state index in [1.54, 1.807) is 30.7 Å². The molecule has 0 atom stereocenters. The molecular weight excluding hydrogens is 418 g/mol. The Morgan fingerprint density at radius 1 is 0.879 bits per heavy atom. The fourth-order valence-electron chi connectivity index (χ4n) is 3.98. The van der Waals surface area contributed by atoms with Crippen LogP contribution < -0.4 is 15.1 Å². The highest BCUT2D eigenvalue weighted by Gasteiger charge is 2.33. The van der Waals surface area contributed by atoms with E-state index in [9.17, 15) is 9.59 Å². The van der Waals surface area contributed by atoms with E-state index in [0.717, 1.165) is 37.4 Å². The first-order valence-corrected chi connectivity index (χ1v) is 10.8. The minimum absolute atomic E-state index is 0.274. The highest BCUT2D eigenvalue weighted by molar-refractivity contribution is 6.13. The Morgan fingerprint density at radius 2 is 1.61 bits per heavy atom. The lowest BCUT2D eigenvalue weighted by molar-refractivity contribution is -0.116. The van der Waals surface area contributed by atoms with Gasteiger partial charge in [-0.1, -0.05) is 30.3 Å². The van der Waals surface area contributed by atoms with E-state index in [1.165, 1.54) is 4.90 Å².